The van der Waals surface area contributed by atoms with Crippen LogP contribution in [0.2, 0.25) is 0 Å². The zero-order chi connectivity index (χ0) is 32.4. The minimum atomic E-state index is -0.282. The lowest BCUT2D eigenvalue weighted by Crippen LogP contribution is -2.30. The van der Waals surface area contributed by atoms with Crippen LogP contribution in [-0.4, -0.2) is 54.3 Å². The van der Waals surface area contributed by atoms with Crippen LogP contribution in [0.25, 0.3) is 6.08 Å². The van der Waals surface area contributed by atoms with Crippen molar-refractivity contribution >= 4 is 11.9 Å². The zero-order valence-electron chi connectivity index (χ0n) is 26.6. The molecule has 0 aromatic heterocycles. The molecule has 0 saturated heterocycles. The molecule has 7 heteroatoms. The first kappa shape index (κ1) is 34.3. The summed E-state index contributed by atoms with van der Waals surface area (Å²) in [6.07, 6.45) is 9.10. The first-order valence-corrected chi connectivity index (χ1v) is 15.9. The van der Waals surface area contributed by atoms with Gasteiger partial charge in [-0.25, -0.2) is 0 Å². The number of carbonyl (C=O) groups excluding carboxylic acids is 1. The summed E-state index contributed by atoms with van der Waals surface area (Å²) in [5.74, 6) is 0.833. The van der Waals surface area contributed by atoms with Crippen molar-refractivity contribution in [3.63, 3.8) is 0 Å². The largest absolute Gasteiger partial charge is 0.504 e. The third-order valence-electron chi connectivity index (χ3n) is 7.59. The summed E-state index contributed by atoms with van der Waals surface area (Å²) in [5, 5.41) is 19.4. The monoisotopic (exact) mass is 623 g/mol. The van der Waals surface area contributed by atoms with Gasteiger partial charge in [-0.05, 0) is 72.8 Å². The predicted molar refractivity (Wildman–Crippen MR) is 183 cm³/mol. The van der Waals surface area contributed by atoms with E-state index in [9.17, 15) is 15.0 Å². The minimum absolute atomic E-state index is 0.0855. The van der Waals surface area contributed by atoms with Crippen LogP contribution in [0.1, 0.15) is 59.2 Å². The fraction of sp³-hybridized carbons (Fsp3) is 0.308. The first-order chi connectivity index (χ1) is 22.5. The second kappa shape index (κ2) is 19.0. The maximum atomic E-state index is 12.9. The van der Waals surface area contributed by atoms with Gasteiger partial charge in [0.15, 0.2) is 28.8 Å². The number of methoxy groups -OCH3 is 1. The van der Waals surface area contributed by atoms with Crippen LogP contribution in [0.3, 0.4) is 0 Å². The maximum Gasteiger partial charge on any atom is 0.176 e. The van der Waals surface area contributed by atoms with Crippen LogP contribution >= 0.6 is 0 Å². The Morgan fingerprint density at radius 2 is 1.50 bits per heavy atom. The molecule has 0 bridgehead atoms. The molecule has 4 aromatic carbocycles. The van der Waals surface area contributed by atoms with Crippen molar-refractivity contribution in [3.8, 4) is 23.0 Å². The number of unbranched alkanes of at least 4 members (excludes halogenated alkanes) is 3. The molecule has 0 radical (unpaired) electrons. The van der Waals surface area contributed by atoms with E-state index in [0.717, 1.165) is 67.7 Å². The molecule has 0 saturated carbocycles. The number of nitrogens with zero attached hydrogens (tertiary/aromatic N) is 1. The molecule has 4 aromatic rings. The summed E-state index contributed by atoms with van der Waals surface area (Å²) in [7, 11) is 1.65. The molecule has 4 rings (SSSR count). The van der Waals surface area contributed by atoms with Crippen molar-refractivity contribution in [2.24, 2.45) is 0 Å². The van der Waals surface area contributed by atoms with E-state index in [1.165, 1.54) is 12.1 Å². The Kier molecular flexibility index (Phi) is 14.2. The summed E-state index contributed by atoms with van der Waals surface area (Å²) >= 11 is 0. The third kappa shape index (κ3) is 11.7. The normalized spacial score (nSPS) is 11.3. The molecule has 0 atom stereocenters. The van der Waals surface area contributed by atoms with Gasteiger partial charge in [-0.3, -0.25) is 9.69 Å². The smallest absolute Gasteiger partial charge is 0.176 e. The maximum absolute atomic E-state index is 12.9. The summed E-state index contributed by atoms with van der Waals surface area (Å²) in [5.41, 5.74) is 3.70. The number of hydrogen-bond acceptors (Lipinski definition) is 7. The van der Waals surface area contributed by atoms with Crippen molar-refractivity contribution in [1.29, 1.82) is 0 Å². The molecule has 0 fully saturated rings. The Hall–Kier alpha value is -4.59. The standard InChI is InChI=1S/C39H45NO6/c1-44-39-26-31(19-22-38(39)46-30-33-17-8-5-9-18-33)14-10-13-25-45-24-12-3-2-11-23-40(28-32-15-6-4-7-16-32)29-37(43)34-20-21-35(41)36(42)27-34/h4-10,14-22,26-27,41-42H,2-3,11-13,23-25,28-30H2,1H3/b14-10+. The average Bonchev–Trinajstić information content (AvgIpc) is 3.08. The number of hydrogen-bond donors (Lipinski definition) is 2. The SMILES string of the molecule is COc1cc(/C=C/CCOCCCCCCN(CC(=O)c2ccc(O)c(O)c2)Cc2ccccc2)ccc1OCc1ccccc1. The zero-order valence-corrected chi connectivity index (χ0v) is 26.6. The van der Waals surface area contributed by atoms with Crippen LogP contribution in [0.4, 0.5) is 0 Å². The second-order valence-corrected chi connectivity index (χ2v) is 11.2. The van der Waals surface area contributed by atoms with Crippen LogP contribution in [-0.2, 0) is 17.9 Å². The molecular weight excluding hydrogens is 578 g/mol. The lowest BCUT2D eigenvalue weighted by atomic mass is 10.1. The van der Waals surface area contributed by atoms with Crippen molar-refractivity contribution in [2.45, 2.75) is 45.3 Å². The van der Waals surface area contributed by atoms with E-state index >= 15 is 0 Å². The molecular formula is C39H45NO6. The van der Waals surface area contributed by atoms with Gasteiger partial charge in [0.25, 0.3) is 0 Å². The van der Waals surface area contributed by atoms with E-state index in [1.807, 2.05) is 66.7 Å². The highest BCUT2D eigenvalue weighted by Gasteiger charge is 2.15. The molecule has 0 aliphatic carbocycles. The Morgan fingerprint density at radius 3 is 2.24 bits per heavy atom. The fourth-order valence-electron chi connectivity index (χ4n) is 5.06. The number of phenolic OH excluding ortho intramolecular Hbond substituents is 2. The summed E-state index contributed by atoms with van der Waals surface area (Å²) in [6.45, 7) is 3.60. The van der Waals surface area contributed by atoms with Crippen LogP contribution in [0.5, 0.6) is 23.0 Å². The first-order valence-electron chi connectivity index (χ1n) is 15.9. The third-order valence-corrected chi connectivity index (χ3v) is 7.59. The van der Waals surface area contributed by atoms with E-state index in [2.05, 4.69) is 29.2 Å². The van der Waals surface area contributed by atoms with E-state index < -0.39 is 0 Å². The van der Waals surface area contributed by atoms with Gasteiger partial charge in [-0.2, -0.15) is 0 Å². The number of aromatic hydroxyl groups is 2. The van der Waals surface area contributed by atoms with Gasteiger partial charge in [0, 0.05) is 18.7 Å². The predicted octanol–water partition coefficient (Wildman–Crippen LogP) is 8.05. The molecule has 46 heavy (non-hydrogen) atoms. The molecule has 0 aliphatic heterocycles. The number of ketones is 1. The van der Waals surface area contributed by atoms with Gasteiger partial charge in [0.1, 0.15) is 6.61 Å². The van der Waals surface area contributed by atoms with Gasteiger partial charge in [0.2, 0.25) is 0 Å². The Bertz CT molecular complexity index is 1510. The Morgan fingerprint density at radius 1 is 0.761 bits per heavy atom. The van der Waals surface area contributed by atoms with Crippen LogP contribution in [0.15, 0.2) is 103 Å². The topological polar surface area (TPSA) is 88.5 Å². The van der Waals surface area contributed by atoms with Gasteiger partial charge >= 0.3 is 0 Å². The second-order valence-electron chi connectivity index (χ2n) is 11.2. The number of rotatable bonds is 20. The molecule has 7 nitrogen and oxygen atoms in total. The lowest BCUT2D eigenvalue weighted by molar-refractivity contribution is 0.0923. The quantitative estimate of drug-likeness (QED) is 0.0585. The molecule has 0 unspecified atom stereocenters. The number of phenols is 2. The van der Waals surface area contributed by atoms with Crippen molar-refractivity contribution in [2.75, 3.05) is 33.4 Å². The number of ether oxygens (including phenoxy) is 3. The van der Waals surface area contributed by atoms with Gasteiger partial charge in [-0.15, -0.1) is 0 Å². The average molecular weight is 624 g/mol. The lowest BCUT2D eigenvalue weighted by Gasteiger charge is -2.22. The highest BCUT2D eigenvalue weighted by Crippen LogP contribution is 2.29. The Labute approximate surface area is 272 Å². The van der Waals surface area contributed by atoms with Gasteiger partial charge in [0.05, 0.1) is 20.3 Å². The molecule has 0 aliphatic rings. The van der Waals surface area contributed by atoms with E-state index in [4.69, 9.17) is 14.2 Å². The number of benzene rings is 4. The van der Waals surface area contributed by atoms with Crippen molar-refractivity contribution < 1.29 is 29.2 Å². The van der Waals surface area contributed by atoms with Gasteiger partial charge in [-0.1, -0.05) is 91.7 Å². The van der Waals surface area contributed by atoms with Crippen LogP contribution < -0.4 is 9.47 Å². The summed E-state index contributed by atoms with van der Waals surface area (Å²) in [4.78, 5) is 15.1. The highest BCUT2D eigenvalue weighted by molar-refractivity contribution is 5.98. The highest BCUT2D eigenvalue weighted by atomic mass is 16.5. The molecule has 0 spiro atoms. The Balaban J connectivity index is 1.11. The van der Waals surface area contributed by atoms with Crippen molar-refractivity contribution in [1.82, 2.24) is 4.90 Å². The number of Topliss-reactive ketones (excluding diaryl/α,β-unsaturated/α-hetero) is 1. The molecule has 242 valence electrons. The van der Waals surface area contributed by atoms with E-state index in [0.29, 0.717) is 31.1 Å². The summed E-state index contributed by atoms with van der Waals surface area (Å²) in [6, 6.07) is 30.3. The molecule has 0 amide bonds. The molecule has 0 heterocycles. The van der Waals surface area contributed by atoms with E-state index in [1.54, 1.807) is 13.2 Å². The summed E-state index contributed by atoms with van der Waals surface area (Å²) < 4.78 is 17.3. The van der Waals surface area contributed by atoms with Gasteiger partial charge < -0.3 is 24.4 Å². The number of carbonyl (C=O) groups is 1. The fourth-order valence-corrected chi connectivity index (χ4v) is 5.06. The van der Waals surface area contributed by atoms with Crippen LogP contribution in [0, 0.1) is 0 Å². The van der Waals surface area contributed by atoms with E-state index in [-0.39, 0.29) is 23.8 Å². The van der Waals surface area contributed by atoms with Crippen molar-refractivity contribution in [3.05, 3.63) is 125 Å². The minimum Gasteiger partial charge on any atom is -0.504 e. The molecule has 2 N–H and O–H groups in total.